The SMILES string of the molecule is CCC(C)(O)C(=O)N1CC[C@H](N(Cc2cccc(F)c2F)c2ccc(C#N)c(Cl)c2)C1. The number of halogens is 3. The van der Waals surface area contributed by atoms with Crippen LogP contribution in [0, 0.1) is 23.0 Å². The lowest BCUT2D eigenvalue weighted by Gasteiger charge is -2.33. The monoisotopic (exact) mass is 447 g/mol. The topological polar surface area (TPSA) is 67.6 Å². The van der Waals surface area contributed by atoms with E-state index >= 15 is 0 Å². The van der Waals surface area contributed by atoms with Gasteiger partial charge < -0.3 is 14.9 Å². The highest BCUT2D eigenvalue weighted by atomic mass is 35.5. The predicted molar refractivity (Wildman–Crippen MR) is 115 cm³/mol. The first-order valence-electron chi connectivity index (χ1n) is 10.1. The number of rotatable bonds is 6. The van der Waals surface area contributed by atoms with Crippen molar-refractivity contribution in [3.8, 4) is 6.07 Å². The Morgan fingerprint density at radius 3 is 2.77 bits per heavy atom. The van der Waals surface area contributed by atoms with Crippen LogP contribution in [-0.4, -0.2) is 40.6 Å². The minimum Gasteiger partial charge on any atom is -0.380 e. The summed E-state index contributed by atoms with van der Waals surface area (Å²) in [7, 11) is 0. The summed E-state index contributed by atoms with van der Waals surface area (Å²) in [6.45, 7) is 4.05. The maximum Gasteiger partial charge on any atom is 0.254 e. The Bertz CT molecular complexity index is 1020. The van der Waals surface area contributed by atoms with Gasteiger partial charge in [0.25, 0.3) is 5.91 Å². The van der Waals surface area contributed by atoms with Crippen LogP contribution in [-0.2, 0) is 11.3 Å². The number of hydrogen-bond donors (Lipinski definition) is 1. The Morgan fingerprint density at radius 1 is 1.39 bits per heavy atom. The molecule has 0 saturated carbocycles. The first-order chi connectivity index (χ1) is 14.7. The van der Waals surface area contributed by atoms with Crippen molar-refractivity contribution >= 4 is 23.2 Å². The molecule has 2 aromatic carbocycles. The summed E-state index contributed by atoms with van der Waals surface area (Å²) in [6, 6.07) is 10.7. The largest absolute Gasteiger partial charge is 0.380 e. The molecule has 1 aliphatic heterocycles. The summed E-state index contributed by atoms with van der Waals surface area (Å²) in [5.74, 6) is -2.21. The molecule has 1 saturated heterocycles. The number of nitrogens with zero attached hydrogens (tertiary/aromatic N) is 3. The van der Waals surface area contributed by atoms with Crippen LogP contribution >= 0.6 is 11.6 Å². The summed E-state index contributed by atoms with van der Waals surface area (Å²) in [4.78, 5) is 16.1. The smallest absolute Gasteiger partial charge is 0.254 e. The minimum absolute atomic E-state index is 0.0582. The number of amides is 1. The summed E-state index contributed by atoms with van der Waals surface area (Å²) in [5, 5.41) is 19.8. The third kappa shape index (κ3) is 4.81. The Kier molecular flexibility index (Phi) is 6.83. The Morgan fingerprint density at radius 2 is 2.13 bits per heavy atom. The van der Waals surface area contributed by atoms with Crippen LogP contribution in [0.5, 0.6) is 0 Å². The average molecular weight is 448 g/mol. The van der Waals surface area contributed by atoms with Gasteiger partial charge in [-0.15, -0.1) is 0 Å². The molecular formula is C23H24ClF2N3O2. The number of nitriles is 1. The third-order valence-electron chi connectivity index (χ3n) is 5.82. The van der Waals surface area contributed by atoms with Gasteiger partial charge >= 0.3 is 0 Å². The molecule has 0 radical (unpaired) electrons. The molecule has 0 spiro atoms. The van der Waals surface area contributed by atoms with E-state index in [0.29, 0.717) is 30.8 Å². The van der Waals surface area contributed by atoms with Gasteiger partial charge in [-0.1, -0.05) is 30.7 Å². The van der Waals surface area contributed by atoms with Gasteiger partial charge in [0, 0.05) is 36.9 Å². The molecule has 31 heavy (non-hydrogen) atoms. The van der Waals surface area contributed by atoms with Crippen molar-refractivity contribution in [3.05, 3.63) is 64.2 Å². The molecule has 0 aliphatic carbocycles. The molecule has 1 fully saturated rings. The summed E-state index contributed by atoms with van der Waals surface area (Å²) in [6.07, 6.45) is 0.872. The van der Waals surface area contributed by atoms with Gasteiger partial charge in [0.2, 0.25) is 0 Å². The first-order valence-corrected chi connectivity index (χ1v) is 10.5. The third-order valence-corrected chi connectivity index (χ3v) is 6.13. The maximum atomic E-state index is 14.4. The molecular weight excluding hydrogens is 424 g/mol. The quantitative estimate of drug-likeness (QED) is 0.718. The molecule has 0 bridgehead atoms. The zero-order valence-electron chi connectivity index (χ0n) is 17.4. The van der Waals surface area contributed by atoms with E-state index in [9.17, 15) is 18.7 Å². The molecule has 1 unspecified atom stereocenters. The van der Waals surface area contributed by atoms with E-state index in [1.165, 1.54) is 19.1 Å². The van der Waals surface area contributed by atoms with E-state index in [1.807, 2.05) is 11.0 Å². The Balaban J connectivity index is 1.93. The highest BCUT2D eigenvalue weighted by Gasteiger charge is 2.38. The van der Waals surface area contributed by atoms with E-state index in [-0.39, 0.29) is 35.5 Å². The summed E-state index contributed by atoms with van der Waals surface area (Å²) >= 11 is 6.22. The average Bonchev–Trinajstić information content (AvgIpc) is 3.23. The molecule has 2 aromatic rings. The van der Waals surface area contributed by atoms with Crippen LogP contribution in [0.1, 0.15) is 37.8 Å². The second-order valence-electron chi connectivity index (χ2n) is 7.94. The molecule has 0 aromatic heterocycles. The zero-order valence-corrected chi connectivity index (χ0v) is 18.2. The van der Waals surface area contributed by atoms with E-state index in [1.54, 1.807) is 30.0 Å². The molecule has 3 rings (SSSR count). The molecule has 5 nitrogen and oxygen atoms in total. The van der Waals surface area contributed by atoms with E-state index in [4.69, 9.17) is 16.9 Å². The number of likely N-dealkylation sites (tertiary alicyclic amines) is 1. The van der Waals surface area contributed by atoms with Crippen molar-refractivity contribution in [1.29, 1.82) is 5.26 Å². The second kappa shape index (κ2) is 9.21. The predicted octanol–water partition coefficient (Wildman–Crippen LogP) is 4.26. The normalized spacial score (nSPS) is 17.8. The zero-order chi connectivity index (χ0) is 22.8. The lowest BCUT2D eigenvalue weighted by molar-refractivity contribution is -0.148. The second-order valence-corrected chi connectivity index (χ2v) is 8.35. The fraction of sp³-hybridized carbons (Fsp3) is 0.391. The fourth-order valence-corrected chi connectivity index (χ4v) is 3.95. The number of benzene rings is 2. The molecule has 2 atom stereocenters. The Labute approximate surface area is 185 Å². The van der Waals surface area contributed by atoms with Gasteiger partial charge in [-0.3, -0.25) is 4.79 Å². The fourth-order valence-electron chi connectivity index (χ4n) is 3.73. The van der Waals surface area contributed by atoms with E-state index in [0.717, 1.165) is 6.07 Å². The lowest BCUT2D eigenvalue weighted by atomic mass is 10.0. The van der Waals surface area contributed by atoms with Gasteiger partial charge in [0.1, 0.15) is 11.7 Å². The molecule has 8 heteroatoms. The van der Waals surface area contributed by atoms with Gasteiger partial charge in [0.15, 0.2) is 11.6 Å². The molecule has 1 heterocycles. The van der Waals surface area contributed by atoms with E-state index < -0.39 is 17.2 Å². The van der Waals surface area contributed by atoms with Crippen molar-refractivity contribution in [1.82, 2.24) is 4.90 Å². The van der Waals surface area contributed by atoms with Crippen molar-refractivity contribution < 1.29 is 18.7 Å². The van der Waals surface area contributed by atoms with Crippen molar-refractivity contribution in [2.75, 3.05) is 18.0 Å². The number of aliphatic hydroxyl groups is 1. The molecule has 1 aliphatic rings. The highest BCUT2D eigenvalue weighted by Crippen LogP contribution is 2.31. The number of hydrogen-bond acceptors (Lipinski definition) is 4. The summed E-state index contributed by atoms with van der Waals surface area (Å²) < 4.78 is 28.2. The van der Waals surface area contributed by atoms with Gasteiger partial charge in [0.05, 0.1) is 10.6 Å². The number of anilines is 1. The van der Waals surface area contributed by atoms with Crippen molar-refractivity contribution in [3.63, 3.8) is 0 Å². The minimum atomic E-state index is -1.45. The van der Waals surface area contributed by atoms with Gasteiger partial charge in [-0.25, -0.2) is 8.78 Å². The summed E-state index contributed by atoms with van der Waals surface area (Å²) in [5.41, 5.74) is -0.337. The molecule has 1 N–H and O–H groups in total. The number of carbonyl (C=O) groups is 1. The highest BCUT2D eigenvalue weighted by molar-refractivity contribution is 6.32. The maximum absolute atomic E-state index is 14.4. The van der Waals surface area contributed by atoms with Gasteiger partial charge in [-0.05, 0) is 44.0 Å². The van der Waals surface area contributed by atoms with Gasteiger partial charge in [-0.2, -0.15) is 5.26 Å². The molecule has 164 valence electrons. The standard InChI is InChI=1S/C23H24ClF2N3O2/c1-3-23(2,31)22(30)28-10-9-18(14-28)29(13-16-5-4-6-20(25)21(16)26)17-8-7-15(12-27)19(24)11-17/h4-8,11,18,31H,3,9-10,13-14H2,1-2H3/t18-,23?/m0/s1. The van der Waals surface area contributed by atoms with Crippen LogP contribution in [0.25, 0.3) is 0 Å². The van der Waals surface area contributed by atoms with Crippen LogP contribution in [0.2, 0.25) is 5.02 Å². The molecule has 1 amide bonds. The van der Waals surface area contributed by atoms with Crippen LogP contribution < -0.4 is 4.90 Å². The van der Waals surface area contributed by atoms with Crippen LogP contribution in [0.4, 0.5) is 14.5 Å². The van der Waals surface area contributed by atoms with Crippen molar-refractivity contribution in [2.24, 2.45) is 0 Å². The Hall–Kier alpha value is -2.69. The first kappa shape index (κ1) is 23.0. The van der Waals surface area contributed by atoms with E-state index in [2.05, 4.69) is 0 Å². The number of carbonyl (C=O) groups excluding carboxylic acids is 1. The lowest BCUT2D eigenvalue weighted by Crippen LogP contribution is -2.47. The van der Waals surface area contributed by atoms with Crippen LogP contribution in [0.3, 0.4) is 0 Å². The van der Waals surface area contributed by atoms with Crippen LogP contribution in [0.15, 0.2) is 36.4 Å². The van der Waals surface area contributed by atoms with Crippen molar-refractivity contribution in [2.45, 2.75) is 44.9 Å².